The Morgan fingerprint density at radius 3 is 2.59 bits per heavy atom. The van der Waals surface area contributed by atoms with Crippen molar-refractivity contribution in [3.05, 3.63) is 17.5 Å². The molecule has 0 bridgehead atoms. The first-order valence-corrected chi connectivity index (χ1v) is 9.21. The van der Waals surface area contributed by atoms with Crippen molar-refractivity contribution in [2.75, 3.05) is 11.9 Å². The number of alkyl halides is 3. The molecule has 0 spiro atoms. The van der Waals surface area contributed by atoms with E-state index in [1.165, 1.54) is 0 Å². The van der Waals surface area contributed by atoms with Crippen LogP contribution in [0.25, 0.3) is 5.57 Å². The Bertz CT molecular complexity index is 743. The zero-order chi connectivity index (χ0) is 19.6. The van der Waals surface area contributed by atoms with Gasteiger partial charge < -0.3 is 5.32 Å². The van der Waals surface area contributed by atoms with Gasteiger partial charge in [0.15, 0.2) is 17.4 Å². The fraction of sp³-hybridized carbons (Fsp3) is 0.667. The number of hydrogen-bond donors (Lipinski definition) is 1. The summed E-state index contributed by atoms with van der Waals surface area (Å²) in [5, 5.41) is 3.06. The highest BCUT2D eigenvalue weighted by Gasteiger charge is 2.35. The SMILES string of the molecule is C[C@@H](CCc1nc(NCC2CC2)nc(C2=C(F)C(=O)CCC2)n1)C(F)(F)F. The molecule has 5 nitrogen and oxygen atoms in total. The predicted octanol–water partition coefficient (Wildman–Crippen LogP) is 4.26. The van der Waals surface area contributed by atoms with E-state index in [2.05, 4.69) is 20.3 Å². The molecule has 2 aliphatic carbocycles. The average molecular weight is 386 g/mol. The van der Waals surface area contributed by atoms with Crippen LogP contribution in [0.5, 0.6) is 0 Å². The van der Waals surface area contributed by atoms with Gasteiger partial charge in [-0.05, 0) is 38.0 Å². The molecule has 1 saturated carbocycles. The van der Waals surface area contributed by atoms with E-state index in [9.17, 15) is 22.4 Å². The van der Waals surface area contributed by atoms with Crippen LogP contribution < -0.4 is 5.32 Å². The van der Waals surface area contributed by atoms with Crippen LogP contribution in [0.3, 0.4) is 0 Å². The number of aryl methyl sites for hydroxylation is 1. The van der Waals surface area contributed by atoms with Crippen molar-refractivity contribution in [1.82, 2.24) is 15.0 Å². The maximum Gasteiger partial charge on any atom is 0.391 e. The summed E-state index contributed by atoms with van der Waals surface area (Å²) < 4.78 is 52.5. The maximum absolute atomic E-state index is 14.2. The lowest BCUT2D eigenvalue weighted by molar-refractivity contribution is -0.171. The van der Waals surface area contributed by atoms with E-state index in [0.717, 1.165) is 19.8 Å². The summed E-state index contributed by atoms with van der Waals surface area (Å²) in [4.78, 5) is 24.2. The fourth-order valence-corrected chi connectivity index (χ4v) is 2.84. The van der Waals surface area contributed by atoms with Crippen LogP contribution in [-0.4, -0.2) is 33.5 Å². The van der Waals surface area contributed by atoms with Gasteiger partial charge in [-0.25, -0.2) is 9.37 Å². The number of allylic oxidation sites excluding steroid dienone is 2. The van der Waals surface area contributed by atoms with Crippen molar-refractivity contribution in [1.29, 1.82) is 0 Å². The van der Waals surface area contributed by atoms with Gasteiger partial charge in [-0.15, -0.1) is 0 Å². The molecule has 1 heterocycles. The van der Waals surface area contributed by atoms with E-state index in [4.69, 9.17) is 0 Å². The monoisotopic (exact) mass is 386 g/mol. The first-order chi connectivity index (χ1) is 12.7. The van der Waals surface area contributed by atoms with E-state index in [1.54, 1.807) is 0 Å². The number of nitrogens with zero attached hydrogens (tertiary/aromatic N) is 3. The van der Waals surface area contributed by atoms with E-state index in [0.29, 0.717) is 25.3 Å². The summed E-state index contributed by atoms with van der Waals surface area (Å²) in [6.45, 7) is 1.76. The van der Waals surface area contributed by atoms with Crippen molar-refractivity contribution in [2.24, 2.45) is 11.8 Å². The van der Waals surface area contributed by atoms with Gasteiger partial charge in [0, 0.05) is 25.0 Å². The lowest BCUT2D eigenvalue weighted by Gasteiger charge is -2.16. The number of carbonyl (C=O) groups is 1. The Kier molecular flexibility index (Phi) is 5.76. The Hall–Kier alpha value is -2.06. The van der Waals surface area contributed by atoms with E-state index in [-0.39, 0.29) is 42.4 Å². The van der Waals surface area contributed by atoms with Crippen molar-refractivity contribution in [3.8, 4) is 0 Å². The number of anilines is 1. The van der Waals surface area contributed by atoms with Crippen LogP contribution >= 0.6 is 0 Å². The first kappa shape index (κ1) is 19.7. The molecule has 1 atom stereocenters. The smallest absolute Gasteiger partial charge is 0.354 e. The summed E-state index contributed by atoms with van der Waals surface area (Å²) >= 11 is 0. The molecule has 9 heteroatoms. The standard InChI is InChI=1S/C18H22F4N4O/c1-10(18(20,21)22)5-8-14-24-16(12-3-2-4-13(27)15(12)19)26-17(25-14)23-9-11-6-7-11/h10-11H,2-9H2,1H3,(H,23,24,25,26)/t10-/m0/s1. The maximum atomic E-state index is 14.2. The lowest BCUT2D eigenvalue weighted by Crippen LogP contribution is -2.21. The second-order valence-electron chi connectivity index (χ2n) is 7.27. The van der Waals surface area contributed by atoms with Gasteiger partial charge in [0.05, 0.1) is 5.92 Å². The zero-order valence-corrected chi connectivity index (χ0v) is 15.1. The number of carbonyl (C=O) groups excluding carboxylic acids is 1. The van der Waals surface area contributed by atoms with Crippen LogP contribution in [0.4, 0.5) is 23.5 Å². The van der Waals surface area contributed by atoms with E-state index < -0.39 is 23.7 Å². The highest BCUT2D eigenvalue weighted by molar-refractivity contribution is 6.01. The molecule has 0 saturated heterocycles. The molecule has 3 rings (SSSR count). The van der Waals surface area contributed by atoms with Gasteiger partial charge in [0.25, 0.3) is 0 Å². The Labute approximate surface area is 154 Å². The lowest BCUT2D eigenvalue weighted by atomic mass is 9.97. The number of nitrogens with one attached hydrogen (secondary N) is 1. The second kappa shape index (κ2) is 7.90. The highest BCUT2D eigenvalue weighted by Crippen LogP contribution is 2.32. The average Bonchev–Trinajstić information content (AvgIpc) is 3.43. The fourth-order valence-electron chi connectivity index (χ4n) is 2.84. The normalized spacial score (nSPS) is 19.4. The molecule has 148 valence electrons. The number of ketones is 1. The number of hydrogen-bond acceptors (Lipinski definition) is 5. The Morgan fingerprint density at radius 1 is 1.19 bits per heavy atom. The third-order valence-corrected chi connectivity index (χ3v) is 4.90. The van der Waals surface area contributed by atoms with Gasteiger partial charge >= 0.3 is 6.18 Å². The topological polar surface area (TPSA) is 67.8 Å². The molecule has 1 N–H and O–H groups in total. The molecule has 1 aromatic rings. The Balaban J connectivity index is 1.84. The molecule has 0 aromatic carbocycles. The molecule has 0 unspecified atom stereocenters. The van der Waals surface area contributed by atoms with Gasteiger partial charge in [0.1, 0.15) is 5.82 Å². The molecule has 1 fully saturated rings. The first-order valence-electron chi connectivity index (χ1n) is 9.21. The van der Waals surface area contributed by atoms with Crippen molar-refractivity contribution < 1.29 is 22.4 Å². The van der Waals surface area contributed by atoms with E-state index in [1.807, 2.05) is 0 Å². The molecule has 27 heavy (non-hydrogen) atoms. The summed E-state index contributed by atoms with van der Waals surface area (Å²) in [5.41, 5.74) is 0.119. The van der Waals surface area contributed by atoms with Crippen LogP contribution in [0.15, 0.2) is 5.83 Å². The number of aromatic nitrogens is 3. The van der Waals surface area contributed by atoms with Gasteiger partial charge in [-0.3, -0.25) is 4.79 Å². The summed E-state index contributed by atoms with van der Waals surface area (Å²) in [5.74, 6) is -1.96. The van der Waals surface area contributed by atoms with Crippen LogP contribution in [0, 0.1) is 11.8 Å². The molecule has 1 aromatic heterocycles. The summed E-state index contributed by atoms with van der Waals surface area (Å²) in [6, 6.07) is 0. The second-order valence-corrected chi connectivity index (χ2v) is 7.27. The zero-order valence-electron chi connectivity index (χ0n) is 15.1. The molecule has 0 aliphatic heterocycles. The summed E-state index contributed by atoms with van der Waals surface area (Å²) in [6.07, 6.45) is -1.28. The molecular weight excluding hydrogens is 364 g/mol. The molecule has 0 radical (unpaired) electrons. The summed E-state index contributed by atoms with van der Waals surface area (Å²) in [7, 11) is 0. The minimum Gasteiger partial charge on any atom is -0.354 e. The molecular formula is C18H22F4N4O. The minimum atomic E-state index is -4.28. The van der Waals surface area contributed by atoms with Crippen molar-refractivity contribution in [3.63, 3.8) is 0 Å². The van der Waals surface area contributed by atoms with Crippen molar-refractivity contribution in [2.45, 2.75) is 58.0 Å². The predicted molar refractivity (Wildman–Crippen MR) is 91.5 cm³/mol. The van der Waals surface area contributed by atoms with Gasteiger partial charge in [-0.1, -0.05) is 6.92 Å². The number of halogens is 4. The third-order valence-electron chi connectivity index (χ3n) is 4.90. The quantitative estimate of drug-likeness (QED) is 0.710. The van der Waals surface area contributed by atoms with E-state index >= 15 is 0 Å². The largest absolute Gasteiger partial charge is 0.391 e. The van der Waals surface area contributed by atoms with Crippen LogP contribution in [-0.2, 0) is 11.2 Å². The Morgan fingerprint density at radius 2 is 1.93 bits per heavy atom. The highest BCUT2D eigenvalue weighted by atomic mass is 19.4. The van der Waals surface area contributed by atoms with Crippen LogP contribution in [0.2, 0.25) is 0 Å². The minimum absolute atomic E-state index is 0.00283. The third kappa shape index (κ3) is 5.23. The molecule has 2 aliphatic rings. The van der Waals surface area contributed by atoms with Gasteiger partial charge in [0.2, 0.25) is 5.95 Å². The van der Waals surface area contributed by atoms with Crippen molar-refractivity contribution >= 4 is 17.3 Å². The van der Waals surface area contributed by atoms with Crippen LogP contribution in [0.1, 0.15) is 57.1 Å². The molecule has 0 amide bonds. The van der Waals surface area contributed by atoms with Gasteiger partial charge in [-0.2, -0.15) is 23.1 Å². The number of Topliss-reactive ketones (excluding diaryl/α,β-unsaturated/α-hetero) is 1. The number of rotatable bonds is 7.